The number of carboxylic acids is 2. The van der Waals surface area contributed by atoms with Gasteiger partial charge in [-0.2, -0.15) is 0 Å². The number of esters is 5. The molecule has 99 heavy (non-hydrogen) atoms. The number of rotatable bonds is 13. The van der Waals surface area contributed by atoms with Crippen LogP contribution in [0.25, 0.3) is 0 Å². The molecule has 0 aromatic heterocycles. The van der Waals surface area contributed by atoms with Gasteiger partial charge in [-0.05, 0) is 133 Å². The van der Waals surface area contributed by atoms with E-state index in [4.69, 9.17) is 132 Å². The summed E-state index contributed by atoms with van der Waals surface area (Å²) in [4.78, 5) is 114. The number of phenols is 2. The smallest absolute Gasteiger partial charge is 0.870 e. The van der Waals surface area contributed by atoms with Gasteiger partial charge in [-0.1, -0.05) is 154 Å². The number of aliphatic hydroxyl groups is 1. The maximum Gasteiger partial charge on any atom is 1.00 e. The molecule has 0 atom stereocenters. The van der Waals surface area contributed by atoms with Crippen molar-refractivity contribution in [3.8, 4) is 28.7 Å². The van der Waals surface area contributed by atoms with E-state index in [1.165, 1.54) is 78.8 Å². The van der Waals surface area contributed by atoms with Gasteiger partial charge in [0.25, 0.3) is 0 Å². The molecular weight excluding hydrogens is 1950 g/mol. The fourth-order valence-electron chi connectivity index (χ4n) is 4.84. The van der Waals surface area contributed by atoms with Crippen LogP contribution in [-0.4, -0.2) is 140 Å². The summed E-state index contributed by atoms with van der Waals surface area (Å²) in [5.41, 5.74) is 0.800. The van der Waals surface area contributed by atoms with Crippen LogP contribution in [0, 0.1) is 0 Å². The summed E-state index contributed by atoms with van der Waals surface area (Å²) in [5, 5.41) is 44.5. The number of carbonyl (C=O) groups is 11. The van der Waals surface area contributed by atoms with Crippen LogP contribution in [0.2, 0.25) is 25.1 Å². The van der Waals surface area contributed by atoms with Crippen molar-refractivity contribution in [1.82, 2.24) is 0 Å². The summed E-state index contributed by atoms with van der Waals surface area (Å²) in [7, 11) is 14.8. The van der Waals surface area contributed by atoms with Gasteiger partial charge in [0, 0.05) is 62.6 Å². The first kappa shape index (κ1) is 116. The van der Waals surface area contributed by atoms with Gasteiger partial charge in [0.1, 0.15) is 34.1 Å². The van der Waals surface area contributed by atoms with E-state index in [2.05, 4.69) is 117 Å². The number of carbonyl (C=O) groups excluding carboxylic acids is 10. The van der Waals surface area contributed by atoms with Crippen molar-refractivity contribution in [2.24, 2.45) is 0 Å². The van der Waals surface area contributed by atoms with Crippen molar-refractivity contribution >= 4 is 271 Å². The Balaban J connectivity index is -0.000000133. The van der Waals surface area contributed by atoms with Crippen LogP contribution in [0.5, 0.6) is 28.7 Å². The van der Waals surface area contributed by atoms with Gasteiger partial charge in [0.05, 0.1) is 55.0 Å². The molecule has 0 bridgehead atoms. The van der Waals surface area contributed by atoms with Crippen LogP contribution in [0.4, 0.5) is 0 Å². The van der Waals surface area contributed by atoms with Gasteiger partial charge < -0.3 is 64.2 Å². The van der Waals surface area contributed by atoms with Crippen LogP contribution >= 0.6 is 195 Å². The minimum absolute atomic E-state index is 0. The number of aromatic hydroxyl groups is 2. The fraction of sp³-hybridized carbons (Fsp3) is 0.293. The Labute approximate surface area is 733 Å². The van der Waals surface area contributed by atoms with E-state index in [0.29, 0.717) is 46.7 Å². The summed E-state index contributed by atoms with van der Waals surface area (Å²) < 4.78 is 31.9. The molecule has 5 N–H and O–H groups in total. The zero-order valence-corrected chi connectivity index (χ0v) is 77.1. The van der Waals surface area contributed by atoms with E-state index in [1.54, 1.807) is 63.2 Å². The second kappa shape index (κ2) is 70.1. The number of alkyl halides is 1. The Bertz CT molecular complexity index is 3300. The number of aliphatic carboxylic acids is 2. The molecule has 0 saturated carbocycles. The molecule has 0 radical (unpaired) electrons. The number of ketones is 3. The van der Waals surface area contributed by atoms with Crippen molar-refractivity contribution in [3.05, 3.63) is 137 Å². The summed E-state index contributed by atoms with van der Waals surface area (Å²) in [5.74, 6) is -4.46. The molecule has 0 aliphatic heterocycles. The third kappa shape index (κ3) is 71.1. The van der Waals surface area contributed by atoms with Gasteiger partial charge in [0.2, 0.25) is 5.24 Å². The average molecular weight is 2010 g/mol. The molecule has 5 rings (SSSR count). The van der Waals surface area contributed by atoms with E-state index in [0.717, 1.165) is 15.9 Å². The van der Waals surface area contributed by atoms with E-state index in [-0.39, 0.29) is 190 Å². The predicted molar refractivity (Wildman–Crippen MR) is 394 cm³/mol. The summed E-state index contributed by atoms with van der Waals surface area (Å²) in [6.45, 7) is 15.4. The number of ether oxygens (including phenoxy) is 6. The first-order valence-corrected chi connectivity index (χ1v) is 38.2. The van der Waals surface area contributed by atoms with Crippen LogP contribution in [0.3, 0.4) is 0 Å². The molecule has 0 aliphatic carbocycles. The quantitative estimate of drug-likeness (QED) is 0.0124. The van der Waals surface area contributed by atoms with Crippen LogP contribution in [-0.2, 0) is 52.6 Å². The van der Waals surface area contributed by atoms with Gasteiger partial charge in [0.15, 0.2) is 30.6 Å². The molecule has 5 aromatic carbocycles. The number of aliphatic hydroxyl groups excluding tert-OH is 1. The maximum atomic E-state index is 11.5. The number of hydrogen-bond acceptors (Lipinski definition) is 22. The maximum absolute atomic E-state index is 11.5. The second-order valence-corrected chi connectivity index (χ2v) is 30.2. The van der Waals surface area contributed by atoms with Crippen LogP contribution < -0.4 is 100 Å². The number of Topliss-reactive ketones (excluding diaryl/α,β-unsaturated/α-hetero) is 3. The molecule has 41 heteroatoms. The van der Waals surface area contributed by atoms with Crippen molar-refractivity contribution < 1.29 is 193 Å². The third-order valence-corrected chi connectivity index (χ3v) is 12.2. The largest absolute Gasteiger partial charge is 1.00 e. The Kier molecular flexibility index (Phi) is 82.4. The molecular formula is C58H62AlBr6Cl9KNaO23. The van der Waals surface area contributed by atoms with Crippen molar-refractivity contribution in [1.29, 1.82) is 0 Å². The predicted octanol–water partition coefficient (Wildman–Crippen LogP) is 10.9. The minimum atomic E-state index is -1.72. The van der Waals surface area contributed by atoms with E-state index in [9.17, 15) is 53.1 Å². The third-order valence-electron chi connectivity index (χ3n) is 7.92. The fourth-order valence-corrected chi connectivity index (χ4v) is 8.92. The van der Waals surface area contributed by atoms with Crippen LogP contribution in [0.15, 0.2) is 95.2 Å². The average Bonchev–Trinajstić information content (AvgIpc) is 0.847. The summed E-state index contributed by atoms with van der Waals surface area (Å²) in [6.07, 6.45) is 0. The second-order valence-electron chi connectivity index (χ2n) is 16.1. The molecule has 0 heterocycles. The van der Waals surface area contributed by atoms with E-state index in [1.807, 2.05) is 0 Å². The Morgan fingerprint density at radius 1 is 0.515 bits per heavy atom. The molecule has 0 saturated heterocycles. The first-order chi connectivity index (χ1) is 44.2. The summed E-state index contributed by atoms with van der Waals surface area (Å²) >= 11 is 50.7. The van der Waals surface area contributed by atoms with Gasteiger partial charge >= 0.3 is 128 Å². The standard InChI is InChI=1S/C12H12BrClO4.C10H8BrClO4.2C8H6BrClO2.C6H4BrClO.C4H7BrO2.C4H6O3.C2H3ClO.C2H4O2.C2H6O.Al.3ClH.K.Na.H2O/c1-3-17-11(16)6-18-12-9(7(2)15)4-8(13)5-10(12)14;1-5(13)7-2-6(11)3-8(12)10(7)16-4-9(14)15;1-4(11)6-2-5(9)3-7(10)8(6)12;1-5(11)12-8-3-2-6(9)4-7(8)10;7-4-1-2-6(9)5(8)3-4;1-2-7-4(6)3-5;1-3(5)7-4(2)6;2*1-2(3)4;1-2-3;;;;;;;/h4-5H,3,6H2,1-2H3;2-3H,4H2,1H3,(H,14,15);2-3,12H,1H3;2-4H,1H3;1-3,9H;2-3H2,1H3;1-2H3;1H3;1H3,(H,3,4);3H,2H2,1H3;;3*1H;;;1H2/q;;;;;;;;;;+3;;;;2*+1;/p-5. The molecule has 542 valence electrons. The Morgan fingerprint density at radius 3 is 1.10 bits per heavy atom. The normalized spacial score (nSPS) is 8.76. The Hall–Kier alpha value is -0.951. The topological polar surface area (TPSA) is 377 Å². The SMILES string of the molecule is CC(=O)Cl.CC(=O)OC(C)=O.CC(=O)Oc1ccc(Br)cc1Cl.CC(=O)[O-].CC(=O)c1cc(Br)cc(Cl)c1O.CC(=O)c1cc(Br)cc(Cl)c1OCC(=O)O.CCO.CCOC(=O)CBr.CCOC(=O)COc1c(Cl)cc(Br)cc1C(C)=O.Oc1ccc(Br)cc1Cl.[Cl][Al]([Cl])[Cl].[K+].[Na+].[OH-]. The molecule has 0 spiro atoms. The number of carboxylic acid groups (broad SMARTS) is 2. The molecule has 0 unspecified atom stereocenters. The van der Waals surface area contributed by atoms with Crippen molar-refractivity contribution in [3.63, 3.8) is 0 Å². The van der Waals surface area contributed by atoms with E-state index < -0.39 is 47.8 Å². The zero-order chi connectivity index (χ0) is 76.3. The molecule has 0 aliphatic rings. The van der Waals surface area contributed by atoms with Crippen LogP contribution in [0.1, 0.15) is 107 Å². The number of halogens is 15. The molecule has 23 nitrogen and oxygen atoms in total. The molecule has 5 aromatic rings. The summed E-state index contributed by atoms with van der Waals surface area (Å²) in [6, 6.07) is 19.3. The molecule has 0 amide bonds. The first-order valence-electron chi connectivity index (χ1n) is 25.6. The number of phenolic OH excluding ortho intramolecular Hbond substituents is 2. The van der Waals surface area contributed by atoms with Crippen molar-refractivity contribution in [2.75, 3.05) is 38.4 Å². The van der Waals surface area contributed by atoms with Gasteiger partial charge in [-0.25, -0.2) is 39.7 Å². The number of benzene rings is 5. The minimum Gasteiger partial charge on any atom is -0.870 e. The van der Waals surface area contributed by atoms with Gasteiger partial charge in [-0.3, -0.25) is 38.4 Å². The monoisotopic (exact) mass is 2000 g/mol. The molecule has 0 fully saturated rings. The zero-order valence-electron chi connectivity index (χ0n) is 54.5. The van der Waals surface area contributed by atoms with Gasteiger partial charge in [-0.15, -0.1) is 0 Å². The number of hydrogen-bond donors (Lipinski definition) is 4. The van der Waals surface area contributed by atoms with Crippen molar-refractivity contribution in [2.45, 2.75) is 76.2 Å². The Morgan fingerprint density at radius 2 is 0.828 bits per heavy atom. The van der Waals surface area contributed by atoms with E-state index >= 15 is 0 Å².